The Balaban J connectivity index is 1.40. The highest BCUT2D eigenvalue weighted by Gasteiger charge is 2.28. The van der Waals surface area contributed by atoms with Crippen LogP contribution < -0.4 is 5.32 Å². The number of hydrogen-bond acceptors (Lipinski definition) is 9. The van der Waals surface area contributed by atoms with Crippen molar-refractivity contribution in [1.29, 1.82) is 0 Å². The molecular weight excluding hydrogens is 616 g/mol. The second-order valence-corrected chi connectivity index (χ2v) is 14.4. The van der Waals surface area contributed by atoms with Crippen molar-refractivity contribution in [3.8, 4) is 10.6 Å². The molecule has 1 aliphatic rings. The smallest absolute Gasteiger partial charge is 0.341 e. The van der Waals surface area contributed by atoms with Crippen LogP contribution in [0, 0.1) is 5.41 Å². The van der Waals surface area contributed by atoms with E-state index in [1.807, 2.05) is 16.7 Å². The zero-order valence-electron chi connectivity index (χ0n) is 26.4. The SMILES string of the molecule is CC(OC(=O)c1ccc2c(c1)cc(C(=O)NC1CCN(C(C)C)CC1)n2Cc1cc(-c2ccc(Cl)s2)on1)OC(=O)C(C)(C)C. The first kappa shape index (κ1) is 32.7. The Morgan fingerprint density at radius 2 is 1.80 bits per heavy atom. The summed E-state index contributed by atoms with van der Waals surface area (Å²) in [5.74, 6) is -0.723. The Kier molecular flexibility index (Phi) is 9.71. The third-order valence-corrected chi connectivity index (χ3v) is 9.06. The molecule has 1 amide bonds. The number of benzene rings is 1. The summed E-state index contributed by atoms with van der Waals surface area (Å²) < 4.78 is 18.8. The van der Waals surface area contributed by atoms with Crippen LogP contribution in [0.2, 0.25) is 4.34 Å². The van der Waals surface area contributed by atoms with Crippen molar-refractivity contribution >= 4 is 51.7 Å². The summed E-state index contributed by atoms with van der Waals surface area (Å²) in [7, 11) is 0. The van der Waals surface area contributed by atoms with Crippen LogP contribution in [0.4, 0.5) is 0 Å². The lowest BCUT2D eigenvalue weighted by Crippen LogP contribution is -2.46. The number of halogens is 1. The number of piperidine rings is 1. The molecular formula is C33H39ClN4O6S. The van der Waals surface area contributed by atoms with Gasteiger partial charge in [-0.25, -0.2) is 4.79 Å². The van der Waals surface area contributed by atoms with Gasteiger partial charge in [0.2, 0.25) is 6.29 Å². The topological polar surface area (TPSA) is 116 Å². The number of nitrogens with zero attached hydrogens (tertiary/aromatic N) is 3. The van der Waals surface area contributed by atoms with Gasteiger partial charge in [-0.3, -0.25) is 9.59 Å². The molecule has 12 heteroatoms. The highest BCUT2D eigenvalue weighted by Crippen LogP contribution is 2.32. The number of fused-ring (bicyclic) bond motifs is 1. The van der Waals surface area contributed by atoms with E-state index in [0.717, 1.165) is 36.3 Å². The molecule has 10 nitrogen and oxygen atoms in total. The molecule has 1 N–H and O–H groups in total. The molecule has 0 aliphatic carbocycles. The summed E-state index contributed by atoms with van der Waals surface area (Å²) in [4.78, 5) is 42.2. The lowest BCUT2D eigenvalue weighted by Gasteiger charge is -2.34. The first-order valence-electron chi connectivity index (χ1n) is 15.1. The number of hydrogen-bond donors (Lipinski definition) is 1. The zero-order chi connectivity index (χ0) is 32.5. The Morgan fingerprint density at radius 1 is 1.07 bits per heavy atom. The molecule has 4 heterocycles. The van der Waals surface area contributed by atoms with E-state index < -0.39 is 23.6 Å². The van der Waals surface area contributed by atoms with E-state index in [0.29, 0.717) is 32.9 Å². The van der Waals surface area contributed by atoms with Gasteiger partial charge in [-0.1, -0.05) is 16.8 Å². The van der Waals surface area contributed by atoms with Crippen LogP contribution in [-0.4, -0.2) is 63.9 Å². The molecule has 1 unspecified atom stereocenters. The molecule has 5 rings (SSSR count). The normalized spacial score (nSPS) is 15.4. The molecule has 1 aliphatic heterocycles. The van der Waals surface area contributed by atoms with E-state index in [1.54, 1.807) is 51.1 Å². The molecule has 1 atom stereocenters. The lowest BCUT2D eigenvalue weighted by atomic mass is 9.97. The Morgan fingerprint density at radius 3 is 2.44 bits per heavy atom. The lowest BCUT2D eigenvalue weighted by molar-refractivity contribution is -0.174. The van der Waals surface area contributed by atoms with Crippen molar-refractivity contribution in [1.82, 2.24) is 19.9 Å². The fraction of sp³-hybridized carbons (Fsp3) is 0.455. The molecule has 0 radical (unpaired) electrons. The Hall–Kier alpha value is -3.67. The fourth-order valence-electron chi connectivity index (χ4n) is 5.26. The minimum absolute atomic E-state index is 0.0593. The zero-order valence-corrected chi connectivity index (χ0v) is 28.0. The standard InChI is InChI=1S/C33H39ClN4O6S/c1-19(2)37-13-11-23(12-14-37)35-30(39)26-16-22-15-21(31(40)42-20(3)43-32(41)33(4,5)6)7-8-25(22)38(26)18-24-17-27(44-36-24)28-9-10-29(34)45-28/h7-10,15-17,19-20,23H,11-14,18H2,1-6H3,(H,35,39). The number of carbonyl (C=O) groups is 3. The monoisotopic (exact) mass is 654 g/mol. The van der Waals surface area contributed by atoms with Crippen molar-refractivity contribution < 1.29 is 28.4 Å². The average molecular weight is 655 g/mol. The van der Waals surface area contributed by atoms with E-state index in [9.17, 15) is 14.4 Å². The molecule has 0 spiro atoms. The van der Waals surface area contributed by atoms with Crippen LogP contribution in [0.3, 0.4) is 0 Å². The average Bonchev–Trinajstić information content (AvgIpc) is 3.71. The van der Waals surface area contributed by atoms with Crippen LogP contribution in [0.25, 0.3) is 21.5 Å². The predicted octanol–water partition coefficient (Wildman–Crippen LogP) is 6.75. The van der Waals surface area contributed by atoms with Gasteiger partial charge in [-0.2, -0.15) is 0 Å². The number of ether oxygens (including phenoxy) is 2. The number of nitrogens with one attached hydrogen (secondary N) is 1. The number of amides is 1. The third kappa shape index (κ3) is 7.77. The molecule has 45 heavy (non-hydrogen) atoms. The second-order valence-electron chi connectivity index (χ2n) is 12.7. The maximum absolute atomic E-state index is 13.7. The van der Waals surface area contributed by atoms with Gasteiger partial charge in [0.1, 0.15) is 11.4 Å². The van der Waals surface area contributed by atoms with Gasteiger partial charge in [-0.15, -0.1) is 11.3 Å². The molecule has 3 aromatic heterocycles. The van der Waals surface area contributed by atoms with Crippen molar-refractivity contribution in [3.05, 3.63) is 63.8 Å². The molecule has 1 saturated heterocycles. The summed E-state index contributed by atoms with van der Waals surface area (Å²) in [5, 5.41) is 8.16. The summed E-state index contributed by atoms with van der Waals surface area (Å²) in [6.07, 6.45) is 0.676. The third-order valence-electron chi connectivity index (χ3n) is 7.82. The minimum Gasteiger partial charge on any atom is -0.425 e. The summed E-state index contributed by atoms with van der Waals surface area (Å²) >= 11 is 7.50. The fourth-order valence-corrected chi connectivity index (χ4v) is 6.25. The highest BCUT2D eigenvalue weighted by molar-refractivity contribution is 7.19. The quantitative estimate of drug-likeness (QED) is 0.156. The van der Waals surface area contributed by atoms with Crippen molar-refractivity contribution in [2.24, 2.45) is 5.41 Å². The first-order valence-corrected chi connectivity index (χ1v) is 16.3. The largest absolute Gasteiger partial charge is 0.425 e. The van der Waals surface area contributed by atoms with Crippen LogP contribution >= 0.6 is 22.9 Å². The molecule has 0 bridgehead atoms. The molecule has 1 fully saturated rings. The molecule has 240 valence electrons. The van der Waals surface area contributed by atoms with Gasteiger partial charge < -0.3 is 28.8 Å². The summed E-state index contributed by atoms with van der Waals surface area (Å²) in [6, 6.07) is 12.9. The van der Waals surface area contributed by atoms with E-state index in [2.05, 4.69) is 29.2 Å². The van der Waals surface area contributed by atoms with Crippen LogP contribution in [0.1, 0.15) is 80.9 Å². The van der Waals surface area contributed by atoms with E-state index in [-0.39, 0.29) is 24.1 Å². The molecule has 0 saturated carbocycles. The number of thiophene rings is 1. The maximum atomic E-state index is 13.7. The maximum Gasteiger partial charge on any atom is 0.341 e. The Bertz CT molecular complexity index is 1690. The number of likely N-dealkylation sites (tertiary alicyclic amines) is 1. The number of esters is 2. The molecule has 1 aromatic carbocycles. The summed E-state index contributed by atoms with van der Waals surface area (Å²) in [6.45, 7) is 13.2. The van der Waals surface area contributed by atoms with Gasteiger partial charge >= 0.3 is 11.9 Å². The van der Waals surface area contributed by atoms with E-state index >= 15 is 0 Å². The minimum atomic E-state index is -1.06. The van der Waals surface area contributed by atoms with Crippen LogP contribution in [0.15, 0.2) is 47.0 Å². The van der Waals surface area contributed by atoms with Crippen molar-refractivity contribution in [3.63, 3.8) is 0 Å². The van der Waals surface area contributed by atoms with Gasteiger partial charge in [0, 0.05) is 49.1 Å². The van der Waals surface area contributed by atoms with Crippen LogP contribution in [-0.2, 0) is 20.8 Å². The van der Waals surface area contributed by atoms with Crippen LogP contribution in [0.5, 0.6) is 0 Å². The second kappa shape index (κ2) is 13.4. The van der Waals surface area contributed by atoms with Gasteiger partial charge in [-0.05, 0) is 83.9 Å². The van der Waals surface area contributed by atoms with Crippen molar-refractivity contribution in [2.75, 3.05) is 13.1 Å². The number of aromatic nitrogens is 2. The van der Waals surface area contributed by atoms with Gasteiger partial charge in [0.15, 0.2) is 5.76 Å². The number of carbonyl (C=O) groups excluding carboxylic acids is 3. The van der Waals surface area contributed by atoms with E-state index in [4.69, 9.17) is 25.6 Å². The predicted molar refractivity (Wildman–Crippen MR) is 173 cm³/mol. The highest BCUT2D eigenvalue weighted by atomic mass is 35.5. The summed E-state index contributed by atoms with van der Waals surface area (Å²) in [5.41, 5.74) is 1.35. The van der Waals surface area contributed by atoms with E-state index in [1.165, 1.54) is 18.3 Å². The van der Waals surface area contributed by atoms with Gasteiger partial charge in [0.25, 0.3) is 5.91 Å². The number of rotatable bonds is 9. The van der Waals surface area contributed by atoms with Gasteiger partial charge in [0.05, 0.1) is 26.7 Å². The molecule has 4 aromatic rings. The van der Waals surface area contributed by atoms with Crippen molar-refractivity contribution in [2.45, 2.75) is 79.3 Å². The Labute approximate surface area is 271 Å². The first-order chi connectivity index (χ1) is 21.3.